The van der Waals surface area contributed by atoms with Crippen molar-refractivity contribution in [3.05, 3.63) is 23.9 Å². The van der Waals surface area contributed by atoms with E-state index in [1.54, 1.807) is 12.1 Å². The smallest absolute Gasteiger partial charge is 0.255 e. The molecule has 2 aliphatic rings. The van der Waals surface area contributed by atoms with Gasteiger partial charge in [0.1, 0.15) is 5.82 Å². The van der Waals surface area contributed by atoms with Crippen LogP contribution in [0.15, 0.2) is 18.3 Å². The van der Waals surface area contributed by atoms with Gasteiger partial charge in [0.25, 0.3) is 5.91 Å². The number of hydrogen-bond donors (Lipinski definition) is 1. The first-order chi connectivity index (χ1) is 12.6. The van der Waals surface area contributed by atoms with Crippen LogP contribution in [-0.4, -0.2) is 76.8 Å². The van der Waals surface area contributed by atoms with E-state index in [0.717, 1.165) is 19.5 Å². The van der Waals surface area contributed by atoms with Crippen LogP contribution in [0.4, 0.5) is 5.82 Å². The van der Waals surface area contributed by atoms with Crippen LogP contribution in [0.2, 0.25) is 0 Å². The molecule has 2 fully saturated rings. The lowest BCUT2D eigenvalue weighted by atomic mass is 10.1. The number of nitrogens with zero attached hydrogens (tertiary/aromatic N) is 4. The SMILES string of the molecule is CC(C(=O)N1CCCN(C(=O)c2ccc(N)nc2)CC1)N1CCCCC1. The average Bonchev–Trinajstić information content (AvgIpc) is 2.94. The molecule has 142 valence electrons. The minimum Gasteiger partial charge on any atom is -0.384 e. The van der Waals surface area contributed by atoms with Crippen molar-refractivity contribution in [3.8, 4) is 0 Å². The highest BCUT2D eigenvalue weighted by Gasteiger charge is 2.29. The summed E-state index contributed by atoms with van der Waals surface area (Å²) in [5.41, 5.74) is 6.13. The molecule has 3 heterocycles. The summed E-state index contributed by atoms with van der Waals surface area (Å²) in [6, 6.07) is 3.27. The van der Waals surface area contributed by atoms with Gasteiger partial charge < -0.3 is 15.5 Å². The molecule has 7 heteroatoms. The molecule has 1 unspecified atom stereocenters. The fraction of sp³-hybridized carbons (Fsp3) is 0.632. The Kier molecular flexibility index (Phi) is 6.08. The zero-order valence-electron chi connectivity index (χ0n) is 15.6. The highest BCUT2D eigenvalue weighted by Crippen LogP contribution is 2.15. The molecule has 0 aliphatic carbocycles. The molecular weight excluding hydrogens is 330 g/mol. The van der Waals surface area contributed by atoms with Crippen molar-refractivity contribution in [2.45, 2.75) is 38.6 Å². The Bertz CT molecular complexity index is 627. The Labute approximate surface area is 155 Å². The zero-order chi connectivity index (χ0) is 18.5. The number of piperidine rings is 1. The second-order valence-corrected chi connectivity index (χ2v) is 7.22. The summed E-state index contributed by atoms with van der Waals surface area (Å²) in [4.78, 5) is 35.6. The van der Waals surface area contributed by atoms with Crippen molar-refractivity contribution in [1.82, 2.24) is 19.7 Å². The maximum atomic E-state index is 12.9. The minimum absolute atomic E-state index is 0.0455. The van der Waals surface area contributed by atoms with Crippen molar-refractivity contribution in [2.75, 3.05) is 45.0 Å². The van der Waals surface area contributed by atoms with Crippen LogP contribution in [0, 0.1) is 0 Å². The van der Waals surface area contributed by atoms with Crippen molar-refractivity contribution < 1.29 is 9.59 Å². The molecule has 2 N–H and O–H groups in total. The molecule has 0 aromatic carbocycles. The van der Waals surface area contributed by atoms with Crippen LogP contribution in [-0.2, 0) is 4.79 Å². The highest BCUT2D eigenvalue weighted by molar-refractivity contribution is 5.94. The Morgan fingerprint density at radius 2 is 1.65 bits per heavy atom. The maximum Gasteiger partial charge on any atom is 0.255 e. The normalized spacial score (nSPS) is 20.5. The van der Waals surface area contributed by atoms with Crippen molar-refractivity contribution >= 4 is 17.6 Å². The third kappa shape index (κ3) is 4.33. The summed E-state index contributed by atoms with van der Waals surface area (Å²) in [5, 5.41) is 0. The van der Waals surface area contributed by atoms with Gasteiger partial charge in [0.15, 0.2) is 0 Å². The topological polar surface area (TPSA) is 82.8 Å². The van der Waals surface area contributed by atoms with E-state index in [0.29, 0.717) is 37.6 Å². The molecule has 0 bridgehead atoms. The molecule has 1 aromatic rings. The molecule has 26 heavy (non-hydrogen) atoms. The Balaban J connectivity index is 1.58. The van der Waals surface area contributed by atoms with Gasteiger partial charge in [-0.2, -0.15) is 0 Å². The quantitative estimate of drug-likeness (QED) is 0.877. The first-order valence-corrected chi connectivity index (χ1v) is 9.60. The lowest BCUT2D eigenvalue weighted by molar-refractivity contribution is -0.136. The van der Waals surface area contributed by atoms with E-state index >= 15 is 0 Å². The van der Waals surface area contributed by atoms with Gasteiger partial charge in [0.05, 0.1) is 11.6 Å². The lowest BCUT2D eigenvalue weighted by Crippen LogP contribution is -2.49. The number of nitrogens with two attached hydrogens (primary N) is 1. The highest BCUT2D eigenvalue weighted by atomic mass is 16.2. The molecule has 0 saturated carbocycles. The van der Waals surface area contributed by atoms with Gasteiger partial charge in [0.2, 0.25) is 5.91 Å². The molecule has 1 atom stereocenters. The molecular formula is C19H29N5O2. The van der Waals surface area contributed by atoms with Gasteiger partial charge in [-0.25, -0.2) is 4.98 Å². The number of hydrogen-bond acceptors (Lipinski definition) is 5. The van der Waals surface area contributed by atoms with Crippen molar-refractivity contribution in [1.29, 1.82) is 0 Å². The summed E-state index contributed by atoms with van der Waals surface area (Å²) < 4.78 is 0. The molecule has 2 amide bonds. The Morgan fingerprint density at radius 1 is 0.962 bits per heavy atom. The molecule has 2 saturated heterocycles. The van der Waals surface area contributed by atoms with Gasteiger partial charge in [-0.05, 0) is 51.4 Å². The monoisotopic (exact) mass is 359 g/mol. The maximum absolute atomic E-state index is 12.9. The van der Waals surface area contributed by atoms with Gasteiger partial charge in [0, 0.05) is 32.4 Å². The Hall–Kier alpha value is -2.15. The number of aromatic nitrogens is 1. The molecule has 0 radical (unpaired) electrons. The summed E-state index contributed by atoms with van der Waals surface area (Å²) in [5.74, 6) is 0.548. The van der Waals surface area contributed by atoms with Crippen LogP contribution >= 0.6 is 0 Å². The molecule has 2 aliphatic heterocycles. The number of nitrogen functional groups attached to an aromatic ring is 1. The van der Waals surface area contributed by atoms with E-state index in [9.17, 15) is 9.59 Å². The number of carbonyl (C=O) groups excluding carboxylic acids is 2. The van der Waals surface area contributed by atoms with E-state index < -0.39 is 0 Å². The number of anilines is 1. The number of amides is 2. The zero-order valence-corrected chi connectivity index (χ0v) is 15.6. The lowest BCUT2D eigenvalue weighted by Gasteiger charge is -2.34. The fourth-order valence-electron chi connectivity index (χ4n) is 3.78. The molecule has 1 aromatic heterocycles. The van der Waals surface area contributed by atoms with Gasteiger partial charge in [-0.1, -0.05) is 6.42 Å². The summed E-state index contributed by atoms with van der Waals surface area (Å²) in [7, 11) is 0. The Morgan fingerprint density at radius 3 is 2.35 bits per heavy atom. The van der Waals surface area contributed by atoms with Gasteiger partial charge in [-0.3, -0.25) is 14.5 Å². The summed E-state index contributed by atoms with van der Waals surface area (Å²) >= 11 is 0. The van der Waals surface area contributed by atoms with Gasteiger partial charge >= 0.3 is 0 Å². The van der Waals surface area contributed by atoms with Crippen molar-refractivity contribution in [2.24, 2.45) is 0 Å². The van der Waals surface area contributed by atoms with Crippen LogP contribution in [0.3, 0.4) is 0 Å². The van der Waals surface area contributed by atoms with E-state index in [1.165, 1.54) is 25.5 Å². The second kappa shape index (κ2) is 8.49. The summed E-state index contributed by atoms with van der Waals surface area (Å²) in [6.45, 7) is 6.55. The predicted octanol–water partition coefficient (Wildman–Crippen LogP) is 1.21. The number of pyridine rings is 1. The second-order valence-electron chi connectivity index (χ2n) is 7.22. The van der Waals surface area contributed by atoms with Gasteiger partial charge in [-0.15, -0.1) is 0 Å². The average molecular weight is 359 g/mol. The van der Waals surface area contributed by atoms with Crippen LogP contribution in [0.25, 0.3) is 0 Å². The third-order valence-electron chi connectivity index (χ3n) is 5.42. The molecule has 7 nitrogen and oxygen atoms in total. The largest absolute Gasteiger partial charge is 0.384 e. The van der Waals surface area contributed by atoms with Crippen LogP contribution in [0.1, 0.15) is 43.0 Å². The predicted molar refractivity (Wildman–Crippen MR) is 101 cm³/mol. The first kappa shape index (κ1) is 18.6. The first-order valence-electron chi connectivity index (χ1n) is 9.60. The van der Waals surface area contributed by atoms with Crippen LogP contribution in [0.5, 0.6) is 0 Å². The van der Waals surface area contributed by atoms with E-state index in [-0.39, 0.29) is 17.9 Å². The van der Waals surface area contributed by atoms with E-state index in [1.807, 2.05) is 16.7 Å². The third-order valence-corrected chi connectivity index (χ3v) is 5.42. The number of carbonyl (C=O) groups is 2. The number of likely N-dealkylation sites (tertiary alicyclic amines) is 1. The van der Waals surface area contributed by atoms with Crippen molar-refractivity contribution in [3.63, 3.8) is 0 Å². The standard InChI is InChI=1S/C19H29N5O2/c1-15(22-8-3-2-4-9-22)18(25)23-10-5-11-24(13-12-23)19(26)16-6-7-17(20)21-14-16/h6-7,14-15H,2-5,8-13H2,1H3,(H2,20,21). The number of rotatable bonds is 3. The minimum atomic E-state index is -0.0705. The van der Waals surface area contributed by atoms with E-state index in [2.05, 4.69) is 9.88 Å². The molecule has 3 rings (SSSR count). The molecule has 0 spiro atoms. The summed E-state index contributed by atoms with van der Waals surface area (Å²) in [6.07, 6.45) is 5.93. The van der Waals surface area contributed by atoms with Crippen LogP contribution < -0.4 is 5.73 Å². The van der Waals surface area contributed by atoms with E-state index in [4.69, 9.17) is 5.73 Å². The fourth-order valence-corrected chi connectivity index (χ4v) is 3.78.